The van der Waals surface area contributed by atoms with Crippen LogP contribution in [0.2, 0.25) is 0 Å². The smallest absolute Gasteiger partial charge is 0.237 e. The maximum Gasteiger partial charge on any atom is 0.237 e. The molecule has 1 aromatic carbocycles. The predicted octanol–water partition coefficient (Wildman–Crippen LogP) is 2.97. The molecule has 4 heteroatoms. The standard InChI is InChI=1S/C15H24N2O.ClH/c1-10-8-6-7-9-12(10)13(15(3,4)5)17-14(18)11(2)16;/h6-9,11,13H,16H2,1-5H3,(H,17,18);1H/t11-,13?;/m0./s1. The minimum atomic E-state index is -0.487. The number of amides is 1. The molecule has 0 saturated heterocycles. The summed E-state index contributed by atoms with van der Waals surface area (Å²) in [6.45, 7) is 10.1. The third kappa shape index (κ3) is 4.84. The predicted molar refractivity (Wildman–Crippen MR) is 82.4 cm³/mol. The van der Waals surface area contributed by atoms with Gasteiger partial charge in [-0.15, -0.1) is 12.4 Å². The van der Waals surface area contributed by atoms with E-state index in [2.05, 4.69) is 45.1 Å². The van der Waals surface area contributed by atoms with E-state index in [0.717, 1.165) is 5.56 Å². The highest BCUT2D eigenvalue weighted by Gasteiger charge is 2.29. The lowest BCUT2D eigenvalue weighted by molar-refractivity contribution is -0.123. The van der Waals surface area contributed by atoms with Crippen molar-refractivity contribution >= 4 is 18.3 Å². The Balaban J connectivity index is 0.00000324. The van der Waals surface area contributed by atoms with E-state index in [0.29, 0.717) is 0 Å². The van der Waals surface area contributed by atoms with Crippen molar-refractivity contribution in [3.63, 3.8) is 0 Å². The fraction of sp³-hybridized carbons (Fsp3) is 0.533. The summed E-state index contributed by atoms with van der Waals surface area (Å²) in [4.78, 5) is 11.8. The normalized spacial score (nSPS) is 14.2. The fourth-order valence-corrected chi connectivity index (χ4v) is 1.95. The van der Waals surface area contributed by atoms with Crippen LogP contribution in [0.4, 0.5) is 0 Å². The minimum Gasteiger partial charge on any atom is -0.347 e. The Labute approximate surface area is 122 Å². The minimum absolute atomic E-state index is 0. The van der Waals surface area contributed by atoms with Crippen molar-refractivity contribution in [2.75, 3.05) is 0 Å². The monoisotopic (exact) mass is 284 g/mol. The number of aryl methyl sites for hydroxylation is 1. The van der Waals surface area contributed by atoms with Gasteiger partial charge in [-0.05, 0) is 30.4 Å². The molecule has 2 atom stereocenters. The van der Waals surface area contributed by atoms with Crippen LogP contribution in [-0.4, -0.2) is 11.9 Å². The fourth-order valence-electron chi connectivity index (χ4n) is 1.95. The van der Waals surface area contributed by atoms with Crippen LogP contribution in [0.3, 0.4) is 0 Å². The number of carbonyl (C=O) groups is 1. The third-order valence-electron chi connectivity index (χ3n) is 3.07. The number of halogens is 1. The molecule has 0 aromatic heterocycles. The zero-order chi connectivity index (χ0) is 13.9. The van der Waals surface area contributed by atoms with E-state index in [1.807, 2.05) is 12.1 Å². The highest BCUT2D eigenvalue weighted by Crippen LogP contribution is 2.34. The molecule has 19 heavy (non-hydrogen) atoms. The average molecular weight is 285 g/mol. The zero-order valence-corrected chi connectivity index (χ0v) is 13.2. The van der Waals surface area contributed by atoms with Gasteiger partial charge in [0.05, 0.1) is 12.1 Å². The van der Waals surface area contributed by atoms with E-state index >= 15 is 0 Å². The second kappa shape index (κ2) is 6.92. The van der Waals surface area contributed by atoms with Crippen LogP contribution in [0, 0.1) is 12.3 Å². The molecular weight excluding hydrogens is 260 g/mol. The number of hydrogen-bond donors (Lipinski definition) is 2. The maximum absolute atomic E-state index is 11.8. The SMILES string of the molecule is Cc1ccccc1C(NC(=O)[C@H](C)N)C(C)(C)C.Cl. The number of nitrogens with one attached hydrogen (secondary N) is 1. The van der Waals surface area contributed by atoms with Crippen molar-refractivity contribution in [3.05, 3.63) is 35.4 Å². The second-order valence-corrected chi connectivity index (χ2v) is 5.95. The molecule has 0 heterocycles. The molecular formula is C15H25ClN2O. The first-order valence-corrected chi connectivity index (χ1v) is 6.35. The van der Waals surface area contributed by atoms with Crippen LogP contribution in [0.25, 0.3) is 0 Å². The van der Waals surface area contributed by atoms with Crippen molar-refractivity contribution in [1.29, 1.82) is 0 Å². The van der Waals surface area contributed by atoms with Crippen molar-refractivity contribution < 1.29 is 4.79 Å². The lowest BCUT2D eigenvalue weighted by Gasteiger charge is -2.33. The van der Waals surface area contributed by atoms with Gasteiger partial charge in [-0.3, -0.25) is 4.79 Å². The first-order chi connectivity index (χ1) is 8.23. The number of rotatable bonds is 3. The summed E-state index contributed by atoms with van der Waals surface area (Å²) in [6.07, 6.45) is 0. The maximum atomic E-state index is 11.8. The van der Waals surface area contributed by atoms with Crippen LogP contribution in [-0.2, 0) is 4.79 Å². The van der Waals surface area contributed by atoms with Crippen molar-refractivity contribution in [2.24, 2.45) is 11.1 Å². The van der Waals surface area contributed by atoms with Gasteiger partial charge in [0.25, 0.3) is 0 Å². The van der Waals surface area contributed by atoms with Gasteiger partial charge in [-0.1, -0.05) is 45.0 Å². The quantitative estimate of drug-likeness (QED) is 0.896. The summed E-state index contributed by atoms with van der Waals surface area (Å²) in [5, 5.41) is 3.05. The van der Waals surface area contributed by atoms with Crippen LogP contribution in [0.1, 0.15) is 44.9 Å². The molecule has 1 amide bonds. The molecule has 0 aliphatic rings. The molecule has 0 aliphatic carbocycles. The first kappa shape index (κ1) is 17.9. The van der Waals surface area contributed by atoms with Crippen LogP contribution in [0.5, 0.6) is 0 Å². The molecule has 0 fully saturated rings. The van der Waals surface area contributed by atoms with Crippen LogP contribution < -0.4 is 11.1 Å². The molecule has 0 aliphatic heterocycles. The Hall–Kier alpha value is -1.06. The molecule has 1 unspecified atom stereocenters. The van der Waals surface area contributed by atoms with Gasteiger partial charge in [0, 0.05) is 0 Å². The van der Waals surface area contributed by atoms with E-state index in [4.69, 9.17) is 5.73 Å². The Bertz CT molecular complexity index is 424. The summed E-state index contributed by atoms with van der Waals surface area (Å²) in [6, 6.07) is 7.61. The van der Waals surface area contributed by atoms with Crippen LogP contribution >= 0.6 is 12.4 Å². The lowest BCUT2D eigenvalue weighted by atomic mass is 9.80. The van der Waals surface area contributed by atoms with Gasteiger partial charge in [0.1, 0.15) is 0 Å². The van der Waals surface area contributed by atoms with Crippen LogP contribution in [0.15, 0.2) is 24.3 Å². The summed E-state index contributed by atoms with van der Waals surface area (Å²) >= 11 is 0. The van der Waals surface area contributed by atoms with E-state index in [1.165, 1.54) is 5.56 Å². The van der Waals surface area contributed by atoms with Crippen molar-refractivity contribution in [1.82, 2.24) is 5.32 Å². The topological polar surface area (TPSA) is 55.1 Å². The highest BCUT2D eigenvalue weighted by molar-refractivity contribution is 5.85. The van der Waals surface area contributed by atoms with Gasteiger partial charge in [0.2, 0.25) is 5.91 Å². The molecule has 0 saturated carbocycles. The Kier molecular flexibility index (Phi) is 6.53. The summed E-state index contributed by atoms with van der Waals surface area (Å²) < 4.78 is 0. The Morgan fingerprint density at radius 3 is 2.21 bits per heavy atom. The van der Waals surface area contributed by atoms with Crippen molar-refractivity contribution in [2.45, 2.75) is 46.7 Å². The molecule has 1 aromatic rings. The van der Waals surface area contributed by atoms with E-state index < -0.39 is 6.04 Å². The molecule has 0 radical (unpaired) electrons. The summed E-state index contributed by atoms with van der Waals surface area (Å²) in [7, 11) is 0. The molecule has 0 bridgehead atoms. The summed E-state index contributed by atoms with van der Waals surface area (Å²) in [5.41, 5.74) is 7.91. The molecule has 0 spiro atoms. The van der Waals surface area contributed by atoms with Crippen molar-refractivity contribution in [3.8, 4) is 0 Å². The molecule has 3 N–H and O–H groups in total. The van der Waals surface area contributed by atoms with Gasteiger partial charge >= 0.3 is 0 Å². The first-order valence-electron chi connectivity index (χ1n) is 6.35. The highest BCUT2D eigenvalue weighted by atomic mass is 35.5. The zero-order valence-electron chi connectivity index (χ0n) is 12.4. The summed E-state index contributed by atoms with van der Waals surface area (Å²) in [5.74, 6) is -0.113. The molecule has 3 nitrogen and oxygen atoms in total. The third-order valence-corrected chi connectivity index (χ3v) is 3.07. The number of benzene rings is 1. The van der Waals surface area contributed by atoms with E-state index in [9.17, 15) is 4.79 Å². The average Bonchev–Trinajstić information content (AvgIpc) is 2.25. The van der Waals surface area contributed by atoms with E-state index in [1.54, 1.807) is 6.92 Å². The number of hydrogen-bond acceptors (Lipinski definition) is 2. The van der Waals surface area contributed by atoms with E-state index in [-0.39, 0.29) is 29.8 Å². The number of nitrogens with two attached hydrogens (primary N) is 1. The number of carbonyl (C=O) groups excluding carboxylic acids is 1. The molecule has 108 valence electrons. The largest absolute Gasteiger partial charge is 0.347 e. The Morgan fingerprint density at radius 1 is 1.26 bits per heavy atom. The van der Waals surface area contributed by atoms with Gasteiger partial charge in [0.15, 0.2) is 0 Å². The second-order valence-electron chi connectivity index (χ2n) is 5.95. The van der Waals surface area contributed by atoms with Gasteiger partial charge in [-0.2, -0.15) is 0 Å². The molecule has 1 rings (SSSR count). The lowest BCUT2D eigenvalue weighted by Crippen LogP contribution is -2.44. The van der Waals surface area contributed by atoms with Gasteiger partial charge < -0.3 is 11.1 Å². The Morgan fingerprint density at radius 2 is 1.79 bits per heavy atom. The van der Waals surface area contributed by atoms with Gasteiger partial charge in [-0.25, -0.2) is 0 Å².